The first-order valence-corrected chi connectivity index (χ1v) is 12.0. The first-order valence-electron chi connectivity index (χ1n) is 9.53. The number of halogens is 1. The van der Waals surface area contributed by atoms with E-state index in [1.165, 1.54) is 36.2 Å². The summed E-state index contributed by atoms with van der Waals surface area (Å²) in [4.78, 5) is 9.21. The van der Waals surface area contributed by atoms with Gasteiger partial charge in [0.15, 0.2) is 5.82 Å². The van der Waals surface area contributed by atoms with E-state index in [9.17, 15) is 12.8 Å². The lowest BCUT2D eigenvalue weighted by Gasteiger charge is -2.11. The highest BCUT2D eigenvalue weighted by Crippen LogP contribution is 2.27. The van der Waals surface area contributed by atoms with Crippen molar-refractivity contribution in [2.45, 2.75) is 29.3 Å². The number of rotatable bonds is 7. The molecule has 162 valence electrons. The monoisotopic (exact) mass is 460 g/mol. The molecule has 0 saturated carbocycles. The third-order valence-electron chi connectivity index (χ3n) is 4.82. The van der Waals surface area contributed by atoms with Crippen molar-refractivity contribution in [1.82, 2.24) is 29.0 Å². The van der Waals surface area contributed by atoms with Crippen LogP contribution < -0.4 is 0 Å². The van der Waals surface area contributed by atoms with Gasteiger partial charge < -0.3 is 4.57 Å². The van der Waals surface area contributed by atoms with Crippen molar-refractivity contribution < 1.29 is 12.8 Å². The van der Waals surface area contributed by atoms with Crippen LogP contribution in [0.3, 0.4) is 0 Å². The van der Waals surface area contributed by atoms with Crippen molar-refractivity contribution in [3.8, 4) is 11.4 Å². The number of nitrogens with one attached hydrogen (secondary N) is 1. The SMILES string of the molecule is CCn1c(CSc2n[nH]c(-c3ccccc3F)n2)nc2cc(S(=O)(=O)N(C)C)ccc21. The number of thioether (sulfide) groups is 1. The third-order valence-corrected chi connectivity index (χ3v) is 7.47. The number of benzene rings is 2. The molecular weight excluding hydrogens is 439 g/mol. The van der Waals surface area contributed by atoms with Gasteiger partial charge >= 0.3 is 0 Å². The van der Waals surface area contributed by atoms with Crippen molar-refractivity contribution >= 4 is 32.8 Å². The molecule has 2 heterocycles. The molecule has 0 saturated heterocycles. The number of fused-ring (bicyclic) bond motifs is 1. The van der Waals surface area contributed by atoms with Gasteiger partial charge in [-0.05, 0) is 37.3 Å². The molecule has 4 rings (SSSR count). The summed E-state index contributed by atoms with van der Waals surface area (Å²) in [5.74, 6) is 1.25. The molecule has 0 aliphatic heterocycles. The van der Waals surface area contributed by atoms with Crippen molar-refractivity contribution in [3.63, 3.8) is 0 Å². The molecule has 2 aromatic carbocycles. The van der Waals surface area contributed by atoms with Gasteiger partial charge in [-0.25, -0.2) is 27.1 Å². The van der Waals surface area contributed by atoms with E-state index in [1.807, 2.05) is 11.5 Å². The van der Waals surface area contributed by atoms with Gasteiger partial charge in [0.25, 0.3) is 0 Å². The second-order valence-corrected chi connectivity index (χ2v) is 10.0. The number of sulfonamides is 1. The van der Waals surface area contributed by atoms with Gasteiger partial charge in [-0.1, -0.05) is 23.9 Å². The highest BCUT2D eigenvalue weighted by atomic mass is 32.2. The molecule has 1 N–H and O–H groups in total. The number of H-pyrrole nitrogens is 1. The predicted octanol–water partition coefficient (Wildman–Crippen LogP) is 3.52. The molecule has 4 aromatic rings. The minimum atomic E-state index is -3.54. The molecule has 0 radical (unpaired) electrons. The molecule has 0 aliphatic rings. The fraction of sp³-hybridized carbons (Fsp3) is 0.250. The molecule has 0 atom stereocenters. The number of nitrogens with zero attached hydrogens (tertiary/aromatic N) is 5. The van der Waals surface area contributed by atoms with Gasteiger partial charge in [0, 0.05) is 20.6 Å². The van der Waals surface area contributed by atoms with Gasteiger partial charge in [0.05, 0.1) is 27.2 Å². The first-order chi connectivity index (χ1) is 14.8. The average molecular weight is 461 g/mol. The lowest BCUT2D eigenvalue weighted by molar-refractivity contribution is 0.521. The maximum absolute atomic E-state index is 14.0. The van der Waals surface area contributed by atoms with E-state index in [2.05, 4.69) is 20.2 Å². The second-order valence-electron chi connectivity index (χ2n) is 6.95. The van der Waals surface area contributed by atoms with Gasteiger partial charge in [-0.15, -0.1) is 5.10 Å². The standard InChI is InChI=1S/C20H21FN6O2S2/c1-4-27-17-10-9-13(31(28,29)26(2)3)11-16(17)22-18(27)12-30-20-23-19(24-25-20)14-7-5-6-8-15(14)21/h5-11H,4,12H2,1-3H3,(H,23,24,25). The Morgan fingerprint density at radius 3 is 2.65 bits per heavy atom. The highest BCUT2D eigenvalue weighted by Gasteiger charge is 2.20. The maximum Gasteiger partial charge on any atom is 0.242 e. The van der Waals surface area contributed by atoms with Crippen LogP contribution in [0, 0.1) is 5.82 Å². The van der Waals surface area contributed by atoms with E-state index < -0.39 is 10.0 Å². The zero-order valence-electron chi connectivity index (χ0n) is 17.2. The average Bonchev–Trinajstić information content (AvgIpc) is 3.35. The summed E-state index contributed by atoms with van der Waals surface area (Å²) in [5.41, 5.74) is 1.83. The zero-order valence-corrected chi connectivity index (χ0v) is 18.8. The Labute approximate surface area is 183 Å². The van der Waals surface area contributed by atoms with Crippen LogP contribution in [0.15, 0.2) is 52.5 Å². The minimum Gasteiger partial charge on any atom is -0.328 e. The summed E-state index contributed by atoms with van der Waals surface area (Å²) in [6.07, 6.45) is 0. The molecule has 0 unspecified atom stereocenters. The normalized spacial score (nSPS) is 12.2. The number of hydrogen-bond acceptors (Lipinski definition) is 6. The largest absolute Gasteiger partial charge is 0.328 e. The lowest BCUT2D eigenvalue weighted by atomic mass is 10.2. The van der Waals surface area contributed by atoms with E-state index in [1.54, 1.807) is 36.4 Å². The van der Waals surface area contributed by atoms with Crippen LogP contribution in [-0.2, 0) is 22.3 Å². The van der Waals surface area contributed by atoms with Gasteiger partial charge in [0.2, 0.25) is 15.2 Å². The molecule has 0 fully saturated rings. The summed E-state index contributed by atoms with van der Waals surface area (Å²) in [7, 11) is -0.540. The molecule has 11 heteroatoms. The Morgan fingerprint density at radius 1 is 1.16 bits per heavy atom. The van der Waals surface area contributed by atoms with E-state index in [4.69, 9.17) is 0 Å². The smallest absolute Gasteiger partial charge is 0.242 e. The fourth-order valence-corrected chi connectivity index (χ4v) is 4.87. The van der Waals surface area contributed by atoms with Gasteiger partial charge in [0.1, 0.15) is 11.6 Å². The Hall–Kier alpha value is -2.76. The summed E-state index contributed by atoms with van der Waals surface area (Å²) in [5, 5.41) is 7.41. The van der Waals surface area contributed by atoms with E-state index in [0.29, 0.717) is 34.4 Å². The molecule has 0 spiro atoms. The van der Waals surface area contributed by atoms with Crippen molar-refractivity contribution in [2.75, 3.05) is 14.1 Å². The van der Waals surface area contributed by atoms with Gasteiger partial charge in [-0.2, -0.15) is 0 Å². The Balaban J connectivity index is 1.60. The fourth-order valence-electron chi connectivity index (χ4n) is 3.21. The first kappa shape index (κ1) is 21.5. The zero-order chi connectivity index (χ0) is 22.2. The lowest BCUT2D eigenvalue weighted by Crippen LogP contribution is -2.22. The minimum absolute atomic E-state index is 0.202. The predicted molar refractivity (Wildman–Crippen MR) is 118 cm³/mol. The Kier molecular flexibility index (Phi) is 5.82. The molecular formula is C20H21FN6O2S2. The third kappa shape index (κ3) is 4.08. The van der Waals surface area contributed by atoms with E-state index in [-0.39, 0.29) is 10.7 Å². The summed E-state index contributed by atoms with van der Waals surface area (Å²) < 4.78 is 42.0. The van der Waals surface area contributed by atoms with E-state index >= 15 is 0 Å². The van der Waals surface area contributed by atoms with Crippen LogP contribution in [0.1, 0.15) is 12.7 Å². The second kappa shape index (κ2) is 8.40. The van der Waals surface area contributed by atoms with Crippen LogP contribution >= 0.6 is 11.8 Å². The van der Waals surface area contributed by atoms with Crippen LogP contribution in [0.2, 0.25) is 0 Å². The number of hydrogen-bond donors (Lipinski definition) is 1. The molecule has 8 nitrogen and oxygen atoms in total. The molecule has 0 amide bonds. The van der Waals surface area contributed by atoms with Crippen LogP contribution in [-0.4, -0.2) is 51.6 Å². The van der Waals surface area contributed by atoms with Crippen LogP contribution in [0.4, 0.5) is 4.39 Å². The Morgan fingerprint density at radius 2 is 1.94 bits per heavy atom. The van der Waals surface area contributed by atoms with Crippen molar-refractivity contribution in [2.24, 2.45) is 0 Å². The highest BCUT2D eigenvalue weighted by molar-refractivity contribution is 7.98. The van der Waals surface area contributed by atoms with Gasteiger partial charge in [-0.3, -0.25) is 5.10 Å². The number of aromatic nitrogens is 5. The number of imidazole rings is 1. The summed E-state index contributed by atoms with van der Waals surface area (Å²) in [6.45, 7) is 2.68. The van der Waals surface area contributed by atoms with Crippen molar-refractivity contribution in [1.29, 1.82) is 0 Å². The molecule has 0 aliphatic carbocycles. The maximum atomic E-state index is 14.0. The molecule has 0 bridgehead atoms. The van der Waals surface area contributed by atoms with E-state index in [0.717, 1.165) is 11.3 Å². The molecule has 31 heavy (non-hydrogen) atoms. The Bertz CT molecular complexity index is 1350. The summed E-state index contributed by atoms with van der Waals surface area (Å²) in [6, 6.07) is 11.3. The number of aryl methyl sites for hydroxylation is 1. The summed E-state index contributed by atoms with van der Waals surface area (Å²) >= 11 is 1.37. The van der Waals surface area contributed by atoms with Crippen molar-refractivity contribution in [3.05, 3.63) is 54.1 Å². The quantitative estimate of drug-likeness (QED) is 0.424. The molecule has 2 aromatic heterocycles. The number of aromatic amines is 1. The topological polar surface area (TPSA) is 96.8 Å². The van der Waals surface area contributed by atoms with Crippen LogP contribution in [0.25, 0.3) is 22.4 Å². The van der Waals surface area contributed by atoms with Crippen LogP contribution in [0.5, 0.6) is 0 Å².